The molecule has 0 spiro atoms. The molecule has 2 amide bonds. The summed E-state index contributed by atoms with van der Waals surface area (Å²) in [6.07, 6.45) is 4.67. The van der Waals surface area contributed by atoms with Crippen molar-refractivity contribution in [1.29, 1.82) is 0 Å². The van der Waals surface area contributed by atoms with Crippen LogP contribution in [0.3, 0.4) is 0 Å². The van der Waals surface area contributed by atoms with Gasteiger partial charge in [0.2, 0.25) is 0 Å². The van der Waals surface area contributed by atoms with Crippen LogP contribution in [0.2, 0.25) is 0 Å². The highest BCUT2D eigenvalue weighted by Crippen LogP contribution is 2.06. The molecule has 6 heteroatoms. The number of hydrogen-bond acceptors (Lipinski definition) is 3. The van der Waals surface area contributed by atoms with Gasteiger partial charge in [0.1, 0.15) is 6.04 Å². The van der Waals surface area contributed by atoms with E-state index in [-0.39, 0.29) is 6.03 Å². The van der Waals surface area contributed by atoms with Crippen LogP contribution < -0.4 is 5.32 Å². The van der Waals surface area contributed by atoms with Crippen LogP contribution in [0.25, 0.3) is 0 Å². The molecule has 6 nitrogen and oxygen atoms in total. The number of carboxylic acids is 1. The number of hydrogen-bond donors (Lipinski definition) is 2. The van der Waals surface area contributed by atoms with Gasteiger partial charge in [0.15, 0.2) is 0 Å². The molecule has 0 unspecified atom stereocenters. The number of nitrogens with one attached hydrogen (secondary N) is 1. The Kier molecular flexibility index (Phi) is 7.36. The van der Waals surface area contributed by atoms with Gasteiger partial charge in [0.25, 0.3) is 0 Å². The Morgan fingerprint density at radius 3 is 2.55 bits per heavy atom. The number of carboxylic acid groups (broad SMARTS) is 1. The van der Waals surface area contributed by atoms with Crippen molar-refractivity contribution in [1.82, 2.24) is 15.1 Å². The summed E-state index contributed by atoms with van der Waals surface area (Å²) in [5.41, 5.74) is 0. The van der Waals surface area contributed by atoms with Gasteiger partial charge < -0.3 is 20.2 Å². The second-order valence-corrected chi connectivity index (χ2v) is 5.45. The molecule has 0 saturated carbocycles. The normalized spacial score (nSPS) is 16.9. The molecule has 1 aliphatic heterocycles. The fraction of sp³-hybridized carbons (Fsp3) is 0.857. The fourth-order valence-corrected chi connectivity index (χ4v) is 2.32. The van der Waals surface area contributed by atoms with Crippen LogP contribution in [0.5, 0.6) is 0 Å². The monoisotopic (exact) mass is 285 g/mol. The summed E-state index contributed by atoms with van der Waals surface area (Å²) >= 11 is 0. The lowest BCUT2D eigenvalue weighted by Gasteiger charge is -2.23. The molecule has 0 aliphatic carbocycles. The first-order chi connectivity index (χ1) is 9.54. The number of rotatable bonds is 8. The van der Waals surface area contributed by atoms with Gasteiger partial charge in [-0.3, -0.25) is 0 Å². The van der Waals surface area contributed by atoms with Gasteiger partial charge in [-0.2, -0.15) is 0 Å². The van der Waals surface area contributed by atoms with Crippen molar-refractivity contribution in [3.8, 4) is 0 Å². The molecule has 1 atom stereocenters. The van der Waals surface area contributed by atoms with Crippen molar-refractivity contribution in [3.05, 3.63) is 0 Å². The predicted molar refractivity (Wildman–Crippen MR) is 77.8 cm³/mol. The molecule has 0 aromatic carbocycles. The number of amides is 2. The van der Waals surface area contributed by atoms with Crippen molar-refractivity contribution in [2.24, 2.45) is 0 Å². The number of carbonyl (C=O) groups is 2. The molecule has 1 saturated heterocycles. The van der Waals surface area contributed by atoms with Gasteiger partial charge in [-0.15, -0.1) is 0 Å². The Morgan fingerprint density at radius 1 is 1.35 bits per heavy atom. The molecule has 0 bridgehead atoms. The zero-order valence-corrected chi connectivity index (χ0v) is 12.6. The van der Waals surface area contributed by atoms with Crippen LogP contribution >= 0.6 is 0 Å². The highest BCUT2D eigenvalue weighted by Gasteiger charge is 2.21. The van der Waals surface area contributed by atoms with E-state index in [1.165, 1.54) is 12.8 Å². The van der Waals surface area contributed by atoms with Crippen LogP contribution in [0.15, 0.2) is 0 Å². The lowest BCUT2D eigenvalue weighted by molar-refractivity contribution is -0.139. The molecule has 116 valence electrons. The summed E-state index contributed by atoms with van der Waals surface area (Å²) in [6, 6.07) is -1.08. The highest BCUT2D eigenvalue weighted by atomic mass is 16.4. The fourth-order valence-electron chi connectivity index (χ4n) is 2.32. The second-order valence-electron chi connectivity index (χ2n) is 5.45. The number of urea groups is 1. The number of carbonyl (C=O) groups excluding carboxylic acids is 1. The molecule has 1 aliphatic rings. The van der Waals surface area contributed by atoms with E-state index < -0.39 is 12.0 Å². The Bertz CT molecular complexity index is 317. The van der Waals surface area contributed by atoms with E-state index in [1.54, 1.807) is 11.9 Å². The predicted octanol–water partition coefficient (Wildman–Crippen LogP) is 1.37. The van der Waals surface area contributed by atoms with Gasteiger partial charge in [-0.1, -0.05) is 19.8 Å². The zero-order valence-electron chi connectivity index (χ0n) is 12.6. The van der Waals surface area contributed by atoms with Gasteiger partial charge in [0.05, 0.1) is 0 Å². The minimum Gasteiger partial charge on any atom is -0.480 e. The number of unbranched alkanes of at least 4 members (excludes halogenated alkanes) is 1. The van der Waals surface area contributed by atoms with Gasteiger partial charge in [0, 0.05) is 20.1 Å². The van der Waals surface area contributed by atoms with E-state index in [0.29, 0.717) is 13.0 Å². The number of nitrogens with zero attached hydrogens (tertiary/aromatic N) is 2. The maximum Gasteiger partial charge on any atom is 0.326 e. The molecular weight excluding hydrogens is 258 g/mol. The van der Waals surface area contributed by atoms with Crippen LogP contribution in [-0.4, -0.2) is 66.2 Å². The molecule has 1 fully saturated rings. The highest BCUT2D eigenvalue weighted by molar-refractivity contribution is 5.82. The van der Waals surface area contributed by atoms with Crippen LogP contribution in [0.1, 0.15) is 39.0 Å². The molecule has 2 N–H and O–H groups in total. The third-order valence-electron chi connectivity index (χ3n) is 3.74. The molecule has 0 radical (unpaired) electrons. The van der Waals surface area contributed by atoms with Gasteiger partial charge in [-0.05, 0) is 32.4 Å². The zero-order chi connectivity index (χ0) is 15.0. The first-order valence-electron chi connectivity index (χ1n) is 7.51. The largest absolute Gasteiger partial charge is 0.480 e. The topological polar surface area (TPSA) is 72.9 Å². The van der Waals surface area contributed by atoms with E-state index in [2.05, 4.69) is 10.2 Å². The van der Waals surface area contributed by atoms with Crippen LogP contribution in [0, 0.1) is 0 Å². The molecule has 20 heavy (non-hydrogen) atoms. The summed E-state index contributed by atoms with van der Waals surface area (Å²) < 4.78 is 0. The van der Waals surface area contributed by atoms with Gasteiger partial charge in [-0.25, -0.2) is 9.59 Å². The van der Waals surface area contributed by atoms with E-state index in [1.807, 2.05) is 6.92 Å². The Hall–Kier alpha value is -1.30. The van der Waals surface area contributed by atoms with Crippen molar-refractivity contribution < 1.29 is 14.7 Å². The Morgan fingerprint density at radius 2 is 2.00 bits per heavy atom. The van der Waals surface area contributed by atoms with E-state index in [0.717, 1.165) is 32.5 Å². The third-order valence-corrected chi connectivity index (χ3v) is 3.74. The van der Waals surface area contributed by atoms with Gasteiger partial charge >= 0.3 is 12.0 Å². The summed E-state index contributed by atoms with van der Waals surface area (Å²) in [5.74, 6) is -0.959. The quantitative estimate of drug-likeness (QED) is 0.706. The maximum atomic E-state index is 12.0. The number of aliphatic carboxylic acids is 1. The van der Waals surface area contributed by atoms with Crippen molar-refractivity contribution in [3.63, 3.8) is 0 Å². The number of likely N-dealkylation sites (tertiary alicyclic amines) is 1. The van der Waals surface area contributed by atoms with E-state index >= 15 is 0 Å². The van der Waals surface area contributed by atoms with Crippen molar-refractivity contribution >= 4 is 12.0 Å². The minimum absolute atomic E-state index is 0.298. The first kappa shape index (κ1) is 16.8. The SMILES string of the molecule is CCCC[C@H](NC(=O)N(C)CCN1CCCC1)C(=O)O. The molecule has 1 heterocycles. The Balaban J connectivity index is 2.32. The molecule has 0 aromatic heterocycles. The van der Waals surface area contributed by atoms with Crippen LogP contribution in [-0.2, 0) is 4.79 Å². The smallest absolute Gasteiger partial charge is 0.326 e. The van der Waals surface area contributed by atoms with Crippen molar-refractivity contribution in [2.75, 3.05) is 33.2 Å². The van der Waals surface area contributed by atoms with E-state index in [4.69, 9.17) is 5.11 Å². The lowest BCUT2D eigenvalue weighted by Crippen LogP contribution is -2.48. The standard InChI is InChI=1S/C14H27N3O3/c1-3-4-7-12(13(18)19)15-14(20)16(2)10-11-17-8-5-6-9-17/h12H,3-11H2,1-2H3,(H,15,20)(H,18,19)/t12-/m0/s1. The Labute approximate surface area is 121 Å². The first-order valence-corrected chi connectivity index (χ1v) is 7.51. The van der Waals surface area contributed by atoms with E-state index in [9.17, 15) is 9.59 Å². The molecular formula is C14H27N3O3. The summed E-state index contributed by atoms with van der Waals surface area (Å²) in [7, 11) is 1.71. The average Bonchev–Trinajstić information content (AvgIpc) is 2.93. The maximum absolute atomic E-state index is 12.0. The lowest BCUT2D eigenvalue weighted by atomic mass is 10.1. The summed E-state index contributed by atoms with van der Waals surface area (Å²) in [4.78, 5) is 26.9. The average molecular weight is 285 g/mol. The third kappa shape index (κ3) is 5.77. The minimum atomic E-state index is -0.959. The molecule has 1 rings (SSSR count). The van der Waals surface area contributed by atoms with Crippen LogP contribution in [0.4, 0.5) is 4.79 Å². The molecule has 0 aromatic rings. The summed E-state index contributed by atoms with van der Waals surface area (Å²) in [5, 5.41) is 11.7. The summed E-state index contributed by atoms with van der Waals surface area (Å²) in [6.45, 7) is 5.69. The number of likely N-dealkylation sites (N-methyl/N-ethyl adjacent to an activating group) is 1. The van der Waals surface area contributed by atoms with Crippen molar-refractivity contribution in [2.45, 2.75) is 45.1 Å². The second kappa shape index (κ2) is 8.79.